The van der Waals surface area contributed by atoms with Gasteiger partial charge in [-0.25, -0.2) is 0 Å². The summed E-state index contributed by atoms with van der Waals surface area (Å²) in [5.74, 6) is 0.742. The van der Waals surface area contributed by atoms with Gasteiger partial charge in [0.05, 0.1) is 30.3 Å². The Morgan fingerprint density at radius 2 is 1.65 bits per heavy atom. The van der Waals surface area contributed by atoms with E-state index in [1.165, 1.54) is 0 Å². The lowest BCUT2D eigenvalue weighted by molar-refractivity contribution is 0.187. The number of aliphatic hydroxyl groups is 1. The third-order valence-electron chi connectivity index (χ3n) is 9.97. The zero-order valence-electron chi connectivity index (χ0n) is 29.4. The lowest BCUT2D eigenvalue weighted by atomic mass is 9.67. The molecule has 6 aromatic rings. The molecule has 10 heteroatoms. The van der Waals surface area contributed by atoms with Crippen molar-refractivity contribution in [3.05, 3.63) is 153 Å². The summed E-state index contributed by atoms with van der Waals surface area (Å²) in [5.41, 5.74) is 7.82. The minimum atomic E-state index is -2.85. The van der Waals surface area contributed by atoms with Crippen LogP contribution in [0, 0.1) is 0 Å². The summed E-state index contributed by atoms with van der Waals surface area (Å²) in [4.78, 5) is 23.7. The van der Waals surface area contributed by atoms with E-state index in [2.05, 4.69) is 35.2 Å². The maximum absolute atomic E-state index is 14.8. The topological polar surface area (TPSA) is 99.8 Å². The molecule has 0 radical (unpaired) electrons. The molecule has 0 saturated carbocycles. The SMILES string of the molecule is CN1Cc2cccc(c2)-c2c(c(=O)n(Cc3ccccc3)c3cc(N(C)C)ccc23)C=NC[C@H](O)c2ccc3c(c2)O[B-](O)(O3)c2ccccc2C1. The van der Waals surface area contributed by atoms with Crippen molar-refractivity contribution in [2.75, 3.05) is 32.6 Å². The highest BCUT2D eigenvalue weighted by Crippen LogP contribution is 2.39. The largest absolute Gasteiger partial charge is 0.654 e. The molecule has 0 amide bonds. The molecule has 8 rings (SSSR count). The van der Waals surface area contributed by atoms with Gasteiger partial charge in [0.15, 0.2) is 0 Å². The quantitative estimate of drug-likeness (QED) is 0.237. The number of nitrogens with zero attached hydrogens (tertiary/aromatic N) is 4. The van der Waals surface area contributed by atoms with Gasteiger partial charge < -0.3 is 28.9 Å². The molecule has 2 atom stereocenters. The van der Waals surface area contributed by atoms with Crippen LogP contribution in [0.3, 0.4) is 0 Å². The second-order valence-electron chi connectivity index (χ2n) is 14.0. The number of rotatable bonds is 3. The van der Waals surface area contributed by atoms with Crippen LogP contribution in [0.5, 0.6) is 11.5 Å². The average molecular weight is 692 g/mol. The fourth-order valence-electron chi connectivity index (χ4n) is 7.38. The molecule has 0 saturated heterocycles. The highest BCUT2D eigenvalue weighted by atomic mass is 16.7. The van der Waals surface area contributed by atoms with Crippen LogP contribution in [0.4, 0.5) is 5.69 Å². The van der Waals surface area contributed by atoms with Crippen molar-refractivity contribution in [2.24, 2.45) is 4.99 Å². The van der Waals surface area contributed by atoms with E-state index < -0.39 is 12.9 Å². The second-order valence-corrected chi connectivity index (χ2v) is 14.0. The smallest absolute Gasteiger partial charge is 0.521 e. The van der Waals surface area contributed by atoms with E-state index in [1.807, 2.05) is 97.3 Å². The number of anilines is 1. The van der Waals surface area contributed by atoms with Crippen molar-refractivity contribution in [1.82, 2.24) is 9.47 Å². The molecule has 0 fully saturated rings. The summed E-state index contributed by atoms with van der Waals surface area (Å²) in [6, 6.07) is 37.2. The Hall–Kier alpha value is -5.68. The van der Waals surface area contributed by atoms with Crippen LogP contribution in [0.1, 0.15) is 33.9 Å². The van der Waals surface area contributed by atoms with E-state index in [0.29, 0.717) is 47.7 Å². The van der Waals surface area contributed by atoms with Crippen LogP contribution in [-0.4, -0.2) is 60.3 Å². The summed E-state index contributed by atoms with van der Waals surface area (Å²) >= 11 is 0. The van der Waals surface area contributed by atoms with Gasteiger partial charge in [-0.3, -0.25) is 14.7 Å². The maximum atomic E-state index is 14.8. The fraction of sp³-hybridized carbons (Fsp3) is 0.190. The van der Waals surface area contributed by atoms with Crippen LogP contribution in [0.15, 0.2) is 125 Å². The van der Waals surface area contributed by atoms with Crippen molar-refractivity contribution >= 4 is 35.0 Å². The van der Waals surface area contributed by atoms with Crippen LogP contribution < -0.4 is 25.2 Å². The molecular formula is C42H40BN4O5-. The maximum Gasteiger partial charge on any atom is 0.521 e. The van der Waals surface area contributed by atoms with Crippen molar-refractivity contribution < 1.29 is 19.4 Å². The van der Waals surface area contributed by atoms with Crippen LogP contribution in [0.25, 0.3) is 22.0 Å². The Labute approximate surface area is 302 Å². The molecule has 5 aromatic carbocycles. The Balaban J connectivity index is 1.32. The lowest BCUT2D eigenvalue weighted by Gasteiger charge is -2.32. The summed E-state index contributed by atoms with van der Waals surface area (Å²) in [7, 11) is 6.02. The third-order valence-corrected chi connectivity index (χ3v) is 9.97. The van der Waals surface area contributed by atoms with Crippen LogP contribution in [0.2, 0.25) is 0 Å². The van der Waals surface area contributed by atoms with E-state index in [0.717, 1.165) is 44.4 Å². The van der Waals surface area contributed by atoms with Crippen molar-refractivity contribution in [2.45, 2.75) is 25.7 Å². The Morgan fingerprint density at radius 1 is 0.865 bits per heavy atom. The van der Waals surface area contributed by atoms with Gasteiger partial charge in [-0.1, -0.05) is 96.0 Å². The zero-order valence-corrected chi connectivity index (χ0v) is 29.4. The van der Waals surface area contributed by atoms with Crippen molar-refractivity contribution in [3.8, 4) is 22.6 Å². The number of aliphatic hydroxyl groups excluding tert-OH is 1. The van der Waals surface area contributed by atoms with Crippen LogP contribution in [-0.2, 0) is 19.6 Å². The van der Waals surface area contributed by atoms with E-state index in [9.17, 15) is 14.9 Å². The number of aliphatic imine (C=N–C) groups is 1. The summed E-state index contributed by atoms with van der Waals surface area (Å²) in [6.45, 7) is -1.35. The minimum absolute atomic E-state index is 0.00209. The number of hydrogen-bond acceptors (Lipinski definition) is 8. The Kier molecular flexibility index (Phi) is 8.67. The average Bonchev–Trinajstić information content (AvgIpc) is 3.49. The van der Waals surface area contributed by atoms with Crippen molar-refractivity contribution in [1.29, 1.82) is 0 Å². The molecule has 9 nitrogen and oxygen atoms in total. The Morgan fingerprint density at radius 3 is 2.48 bits per heavy atom. The Bertz CT molecular complexity index is 2400. The van der Waals surface area contributed by atoms with Gasteiger partial charge in [0, 0.05) is 50.0 Å². The van der Waals surface area contributed by atoms with Gasteiger partial charge in [0.25, 0.3) is 5.56 Å². The van der Waals surface area contributed by atoms with E-state index in [-0.39, 0.29) is 12.1 Å². The van der Waals surface area contributed by atoms with Gasteiger partial charge >= 0.3 is 6.75 Å². The summed E-state index contributed by atoms with van der Waals surface area (Å²) in [5, 5.41) is 24.0. The molecule has 52 heavy (non-hydrogen) atoms. The molecule has 2 aliphatic rings. The van der Waals surface area contributed by atoms with Gasteiger partial charge in [-0.2, -0.15) is 0 Å². The predicted octanol–water partition coefficient (Wildman–Crippen LogP) is 5.49. The molecule has 2 N–H and O–H groups in total. The highest BCUT2D eigenvalue weighted by molar-refractivity contribution is 6.76. The van der Waals surface area contributed by atoms with E-state index in [1.54, 1.807) is 24.4 Å². The predicted molar refractivity (Wildman–Crippen MR) is 208 cm³/mol. The first kappa shape index (κ1) is 33.5. The minimum Gasteiger partial charge on any atom is -0.654 e. The number of pyridine rings is 1. The lowest BCUT2D eigenvalue weighted by Crippen LogP contribution is -2.58. The molecular weight excluding hydrogens is 651 g/mol. The number of benzene rings is 5. The number of fused-ring (bicyclic) bond motifs is 10. The third kappa shape index (κ3) is 6.26. The first-order valence-electron chi connectivity index (χ1n) is 17.5. The van der Waals surface area contributed by atoms with E-state index >= 15 is 0 Å². The highest BCUT2D eigenvalue weighted by Gasteiger charge is 2.40. The molecule has 0 spiro atoms. The molecule has 3 heterocycles. The number of hydrogen-bond donors (Lipinski definition) is 2. The standard InChI is InChI=1S/C42H40BN4O5/c1-45(2)33-17-18-34-37(22-33)47(26-28-10-5-4-6-11-28)42(49)35-23-44-24-38(48)30-16-19-39-40(21-30)52-43(50,51-39)36-15-8-7-13-32(36)27-46(3)25-29-12-9-14-31(20-29)41(34)35/h4-23,38,48,50H,24-27H2,1-3H3/q-1/t38-,43?/m0/s1. The van der Waals surface area contributed by atoms with Crippen LogP contribution >= 0.6 is 0 Å². The number of aromatic nitrogens is 1. The van der Waals surface area contributed by atoms with Gasteiger partial charge in [0.1, 0.15) is 11.5 Å². The monoisotopic (exact) mass is 691 g/mol. The molecule has 5 bridgehead atoms. The molecule has 2 aliphatic heterocycles. The fourth-order valence-corrected chi connectivity index (χ4v) is 7.38. The normalized spacial score (nSPS) is 18.4. The zero-order chi connectivity index (χ0) is 36.0. The first-order chi connectivity index (χ1) is 25.2. The summed E-state index contributed by atoms with van der Waals surface area (Å²) in [6.07, 6.45) is 0.607. The molecule has 1 aromatic heterocycles. The molecule has 1 unspecified atom stereocenters. The van der Waals surface area contributed by atoms with Gasteiger partial charge in [0.2, 0.25) is 0 Å². The van der Waals surface area contributed by atoms with Crippen molar-refractivity contribution in [3.63, 3.8) is 0 Å². The van der Waals surface area contributed by atoms with E-state index in [4.69, 9.17) is 14.3 Å². The summed E-state index contributed by atoms with van der Waals surface area (Å²) < 4.78 is 14.0. The molecule has 0 aliphatic carbocycles. The van der Waals surface area contributed by atoms with Gasteiger partial charge in [-0.05, 0) is 59.6 Å². The molecule has 262 valence electrons. The first-order valence-corrected chi connectivity index (χ1v) is 17.5. The second kappa shape index (κ2) is 13.5. The van der Waals surface area contributed by atoms with Gasteiger partial charge in [-0.15, -0.1) is 0 Å².